The van der Waals surface area contributed by atoms with Crippen molar-refractivity contribution in [3.8, 4) is 11.6 Å². The number of nitrogens with one attached hydrogen (secondary N) is 2. The van der Waals surface area contributed by atoms with Crippen molar-refractivity contribution in [2.24, 2.45) is 5.92 Å². The highest BCUT2D eigenvalue weighted by molar-refractivity contribution is 7.92. The fourth-order valence-electron chi connectivity index (χ4n) is 3.04. The summed E-state index contributed by atoms with van der Waals surface area (Å²) in [5.41, 5.74) is 1.97. The number of benzene rings is 2. The van der Waals surface area contributed by atoms with Gasteiger partial charge in [-0.1, -0.05) is 26.0 Å². The molecule has 0 bridgehead atoms. The zero-order valence-electron chi connectivity index (χ0n) is 18.3. The van der Waals surface area contributed by atoms with Gasteiger partial charge in [-0.3, -0.25) is 9.52 Å². The lowest BCUT2D eigenvalue weighted by Gasteiger charge is -2.11. The van der Waals surface area contributed by atoms with Crippen molar-refractivity contribution < 1.29 is 17.9 Å². The Labute approximate surface area is 188 Å². The maximum atomic E-state index is 12.7. The second-order valence-corrected chi connectivity index (χ2v) is 9.40. The Morgan fingerprint density at radius 3 is 2.25 bits per heavy atom. The first-order valence-electron chi connectivity index (χ1n) is 10.4. The molecule has 3 rings (SSSR count). The molecule has 2 N–H and O–H groups in total. The minimum atomic E-state index is -3.69. The third-order valence-corrected chi connectivity index (χ3v) is 5.94. The molecule has 0 fully saturated rings. The Hall–Kier alpha value is -3.39. The van der Waals surface area contributed by atoms with E-state index in [9.17, 15) is 13.2 Å². The molecule has 0 aliphatic rings. The van der Waals surface area contributed by atoms with E-state index < -0.39 is 10.0 Å². The van der Waals surface area contributed by atoms with Gasteiger partial charge in [0.05, 0.1) is 10.5 Å². The molecule has 168 valence electrons. The van der Waals surface area contributed by atoms with Crippen LogP contribution in [0.3, 0.4) is 0 Å². The molecule has 0 saturated heterocycles. The topological polar surface area (TPSA) is 97.4 Å². The molecule has 2 aromatic carbocycles. The van der Waals surface area contributed by atoms with Crippen molar-refractivity contribution in [1.82, 2.24) is 10.3 Å². The van der Waals surface area contributed by atoms with E-state index in [2.05, 4.69) is 28.9 Å². The quantitative estimate of drug-likeness (QED) is 0.493. The van der Waals surface area contributed by atoms with Gasteiger partial charge in [0.15, 0.2) is 0 Å². The highest BCUT2D eigenvalue weighted by Gasteiger charge is 2.14. The largest absolute Gasteiger partial charge is 0.439 e. The monoisotopic (exact) mass is 453 g/mol. The van der Waals surface area contributed by atoms with Gasteiger partial charge in [-0.2, -0.15) is 0 Å². The summed E-state index contributed by atoms with van der Waals surface area (Å²) in [5.74, 6) is 1.12. The van der Waals surface area contributed by atoms with Crippen LogP contribution >= 0.6 is 0 Å². The summed E-state index contributed by atoms with van der Waals surface area (Å²) in [6, 6.07) is 16.7. The van der Waals surface area contributed by atoms with Gasteiger partial charge in [-0.15, -0.1) is 0 Å². The van der Waals surface area contributed by atoms with Crippen LogP contribution < -0.4 is 14.8 Å². The van der Waals surface area contributed by atoms with Crippen LogP contribution in [0.5, 0.6) is 11.6 Å². The van der Waals surface area contributed by atoms with E-state index in [0.29, 0.717) is 35.3 Å². The van der Waals surface area contributed by atoms with E-state index in [0.717, 1.165) is 12.0 Å². The summed E-state index contributed by atoms with van der Waals surface area (Å²) >= 11 is 0. The molecule has 8 heteroatoms. The Bertz CT molecular complexity index is 1140. The first-order valence-corrected chi connectivity index (χ1v) is 11.9. The number of nitrogens with zero attached hydrogens (tertiary/aromatic N) is 1. The number of sulfonamides is 1. The smallest absolute Gasteiger partial charge is 0.261 e. The average Bonchev–Trinajstić information content (AvgIpc) is 2.75. The second-order valence-electron chi connectivity index (χ2n) is 7.72. The molecule has 0 unspecified atom stereocenters. The number of anilines is 1. The Morgan fingerprint density at radius 2 is 1.69 bits per heavy atom. The first kappa shape index (κ1) is 23.3. The summed E-state index contributed by atoms with van der Waals surface area (Å²) in [6.45, 7) is 6.63. The SMILES string of the molecule is CCNC(=O)c1ccc(Oc2ccc(NS(=O)(=O)c3ccc(CC(C)C)cc3)cc2)nc1. The van der Waals surface area contributed by atoms with Crippen LogP contribution in [-0.2, 0) is 16.4 Å². The molecular weight excluding hydrogens is 426 g/mol. The Balaban J connectivity index is 1.63. The van der Waals surface area contributed by atoms with E-state index in [1.807, 2.05) is 19.1 Å². The third kappa shape index (κ3) is 6.31. The number of ether oxygens (including phenoxy) is 1. The van der Waals surface area contributed by atoms with Gasteiger partial charge in [0.2, 0.25) is 5.88 Å². The molecule has 32 heavy (non-hydrogen) atoms. The maximum absolute atomic E-state index is 12.7. The zero-order valence-corrected chi connectivity index (χ0v) is 19.1. The Morgan fingerprint density at radius 1 is 1.00 bits per heavy atom. The van der Waals surface area contributed by atoms with Crippen LogP contribution in [0.1, 0.15) is 36.7 Å². The van der Waals surface area contributed by atoms with Crippen molar-refractivity contribution >= 4 is 21.6 Å². The van der Waals surface area contributed by atoms with Gasteiger partial charge < -0.3 is 10.1 Å². The summed E-state index contributed by atoms with van der Waals surface area (Å²) < 4.78 is 33.6. The minimum Gasteiger partial charge on any atom is -0.439 e. The lowest BCUT2D eigenvalue weighted by atomic mass is 10.0. The van der Waals surface area contributed by atoms with Gasteiger partial charge in [0, 0.05) is 24.5 Å². The van der Waals surface area contributed by atoms with E-state index in [-0.39, 0.29) is 10.8 Å². The van der Waals surface area contributed by atoms with Crippen LogP contribution in [0.25, 0.3) is 0 Å². The fourth-order valence-corrected chi connectivity index (χ4v) is 4.10. The summed E-state index contributed by atoms with van der Waals surface area (Å²) in [6.07, 6.45) is 2.34. The molecule has 1 heterocycles. The van der Waals surface area contributed by atoms with Crippen LogP contribution in [-0.4, -0.2) is 25.9 Å². The highest BCUT2D eigenvalue weighted by Crippen LogP contribution is 2.23. The number of aromatic nitrogens is 1. The van der Waals surface area contributed by atoms with E-state index in [1.165, 1.54) is 6.20 Å². The van der Waals surface area contributed by atoms with E-state index >= 15 is 0 Å². The van der Waals surface area contributed by atoms with E-state index in [1.54, 1.807) is 48.5 Å². The average molecular weight is 454 g/mol. The standard InChI is InChI=1S/C24H27N3O4S/c1-4-25-24(28)19-7-14-23(26-16-19)31-21-10-8-20(9-11-21)27-32(29,30)22-12-5-18(6-13-22)15-17(2)3/h5-14,16-17,27H,4,15H2,1-3H3,(H,25,28). The number of hydrogen-bond acceptors (Lipinski definition) is 5. The van der Waals surface area contributed by atoms with Gasteiger partial charge in [0.25, 0.3) is 15.9 Å². The molecule has 0 atom stereocenters. The summed E-state index contributed by atoms with van der Waals surface area (Å²) in [5, 5.41) is 2.70. The number of carbonyl (C=O) groups excluding carboxylic acids is 1. The van der Waals surface area contributed by atoms with Gasteiger partial charge in [-0.05, 0) is 67.3 Å². The number of rotatable bonds is 9. The van der Waals surface area contributed by atoms with E-state index in [4.69, 9.17) is 4.74 Å². The fraction of sp³-hybridized carbons (Fsp3) is 0.250. The van der Waals surface area contributed by atoms with Gasteiger partial charge in [-0.25, -0.2) is 13.4 Å². The first-order chi connectivity index (χ1) is 15.3. The summed E-state index contributed by atoms with van der Waals surface area (Å²) in [7, 11) is -3.69. The molecular formula is C24H27N3O4S. The lowest BCUT2D eigenvalue weighted by Crippen LogP contribution is -2.22. The maximum Gasteiger partial charge on any atom is 0.261 e. The Kier molecular flexibility index (Phi) is 7.48. The van der Waals surface area contributed by atoms with Crippen molar-refractivity contribution in [2.75, 3.05) is 11.3 Å². The predicted octanol–water partition coefficient (Wildman–Crippen LogP) is 4.62. The summed E-state index contributed by atoms with van der Waals surface area (Å²) in [4.78, 5) is 16.1. The van der Waals surface area contributed by atoms with Crippen molar-refractivity contribution in [3.05, 3.63) is 78.0 Å². The number of carbonyl (C=O) groups is 1. The van der Waals surface area contributed by atoms with Crippen molar-refractivity contribution in [1.29, 1.82) is 0 Å². The van der Waals surface area contributed by atoms with Gasteiger partial charge >= 0.3 is 0 Å². The van der Waals surface area contributed by atoms with Crippen LogP contribution in [0.4, 0.5) is 5.69 Å². The molecule has 1 aromatic heterocycles. The second kappa shape index (κ2) is 10.3. The molecule has 7 nitrogen and oxygen atoms in total. The van der Waals surface area contributed by atoms with Crippen LogP contribution in [0.2, 0.25) is 0 Å². The van der Waals surface area contributed by atoms with Gasteiger partial charge in [0.1, 0.15) is 5.75 Å². The number of amides is 1. The molecule has 3 aromatic rings. The molecule has 0 aliphatic carbocycles. The van der Waals surface area contributed by atoms with Crippen molar-refractivity contribution in [2.45, 2.75) is 32.1 Å². The molecule has 0 radical (unpaired) electrons. The zero-order chi connectivity index (χ0) is 23.1. The molecule has 1 amide bonds. The lowest BCUT2D eigenvalue weighted by molar-refractivity contribution is 0.0955. The number of pyridine rings is 1. The van der Waals surface area contributed by atoms with Crippen LogP contribution in [0, 0.1) is 5.92 Å². The molecule has 0 saturated carbocycles. The third-order valence-electron chi connectivity index (χ3n) is 4.54. The molecule has 0 aliphatic heterocycles. The minimum absolute atomic E-state index is 0.197. The highest BCUT2D eigenvalue weighted by atomic mass is 32.2. The normalized spacial score (nSPS) is 11.2. The van der Waals surface area contributed by atoms with Crippen LogP contribution in [0.15, 0.2) is 71.8 Å². The van der Waals surface area contributed by atoms with Crippen molar-refractivity contribution in [3.63, 3.8) is 0 Å². The number of hydrogen-bond donors (Lipinski definition) is 2. The predicted molar refractivity (Wildman–Crippen MR) is 125 cm³/mol. The molecule has 0 spiro atoms.